The van der Waals surface area contributed by atoms with E-state index < -0.39 is 5.95 Å². The lowest BCUT2D eigenvalue weighted by Crippen LogP contribution is -2.41. The van der Waals surface area contributed by atoms with Crippen molar-refractivity contribution in [1.29, 1.82) is 0 Å². The monoisotopic (exact) mass is 208 g/mol. The molecule has 1 fully saturated rings. The maximum atomic E-state index is 12.6. The van der Waals surface area contributed by atoms with Gasteiger partial charge in [0.1, 0.15) is 0 Å². The zero-order chi connectivity index (χ0) is 10.8. The highest BCUT2D eigenvalue weighted by Gasteiger charge is 2.26. The number of hydrogen-bond acceptors (Lipinski definition) is 2. The third kappa shape index (κ3) is 1.98. The van der Waals surface area contributed by atoms with Gasteiger partial charge in [-0.25, -0.2) is 4.98 Å². The topological polar surface area (TPSA) is 33.2 Å². The molecular formula is C11H13FN2O. The molecule has 0 saturated heterocycles. The Morgan fingerprint density at radius 1 is 1.53 bits per heavy atom. The van der Waals surface area contributed by atoms with Crippen LogP contribution in [0.5, 0.6) is 0 Å². The highest BCUT2D eigenvalue weighted by atomic mass is 19.1. The first-order valence-corrected chi connectivity index (χ1v) is 5.07. The molecular weight excluding hydrogens is 195 g/mol. The van der Waals surface area contributed by atoms with Crippen LogP contribution in [-0.4, -0.2) is 28.9 Å². The Bertz CT molecular complexity index is 359. The van der Waals surface area contributed by atoms with Gasteiger partial charge < -0.3 is 4.90 Å². The summed E-state index contributed by atoms with van der Waals surface area (Å²) in [5.74, 6) is -0.634. The van der Waals surface area contributed by atoms with E-state index in [1.165, 1.54) is 24.8 Å². The third-order valence-electron chi connectivity index (χ3n) is 2.92. The summed E-state index contributed by atoms with van der Waals surface area (Å²) < 4.78 is 12.6. The minimum Gasteiger partial charge on any atom is -0.339 e. The second-order valence-corrected chi connectivity index (χ2v) is 3.87. The number of nitrogens with zero attached hydrogens (tertiary/aromatic N) is 2. The predicted octanol–water partition coefficient (Wildman–Crippen LogP) is 1.85. The highest BCUT2D eigenvalue weighted by Crippen LogP contribution is 2.24. The average Bonchev–Trinajstić information content (AvgIpc) is 2.15. The van der Waals surface area contributed by atoms with E-state index in [4.69, 9.17) is 0 Å². The predicted molar refractivity (Wildman–Crippen MR) is 53.9 cm³/mol. The molecule has 0 aliphatic heterocycles. The van der Waals surface area contributed by atoms with Gasteiger partial charge in [0.15, 0.2) is 0 Å². The lowest BCUT2D eigenvalue weighted by molar-refractivity contribution is 0.0651. The quantitative estimate of drug-likeness (QED) is 0.695. The van der Waals surface area contributed by atoms with Gasteiger partial charge >= 0.3 is 0 Å². The first-order chi connectivity index (χ1) is 7.18. The van der Waals surface area contributed by atoms with Crippen LogP contribution in [0.15, 0.2) is 18.3 Å². The molecule has 0 unspecified atom stereocenters. The van der Waals surface area contributed by atoms with Gasteiger partial charge in [0.25, 0.3) is 5.91 Å². The van der Waals surface area contributed by atoms with Crippen molar-refractivity contribution in [2.24, 2.45) is 0 Å². The number of aromatic nitrogens is 1. The maximum Gasteiger partial charge on any atom is 0.255 e. The van der Waals surface area contributed by atoms with Crippen LogP contribution in [-0.2, 0) is 0 Å². The molecule has 0 bridgehead atoms. The molecule has 1 aliphatic rings. The van der Waals surface area contributed by atoms with Gasteiger partial charge in [0.05, 0.1) is 5.56 Å². The van der Waals surface area contributed by atoms with Crippen molar-refractivity contribution in [2.75, 3.05) is 7.05 Å². The van der Waals surface area contributed by atoms with Gasteiger partial charge in [-0.05, 0) is 31.4 Å². The fourth-order valence-corrected chi connectivity index (χ4v) is 1.65. The van der Waals surface area contributed by atoms with Crippen LogP contribution in [0.4, 0.5) is 4.39 Å². The summed E-state index contributed by atoms with van der Waals surface area (Å²) in [5.41, 5.74) is 0.450. The summed E-state index contributed by atoms with van der Waals surface area (Å²) >= 11 is 0. The molecule has 80 valence electrons. The van der Waals surface area contributed by atoms with Crippen LogP contribution in [0.2, 0.25) is 0 Å². The van der Waals surface area contributed by atoms with Crippen LogP contribution in [0.25, 0.3) is 0 Å². The number of rotatable bonds is 2. The number of amides is 1. The van der Waals surface area contributed by atoms with Crippen molar-refractivity contribution in [3.8, 4) is 0 Å². The Labute approximate surface area is 87.9 Å². The molecule has 3 nitrogen and oxygen atoms in total. The maximum absolute atomic E-state index is 12.6. The number of hydrogen-bond donors (Lipinski definition) is 0. The van der Waals surface area contributed by atoms with Crippen LogP contribution in [0.1, 0.15) is 29.6 Å². The van der Waals surface area contributed by atoms with E-state index >= 15 is 0 Å². The van der Waals surface area contributed by atoms with Crippen molar-refractivity contribution in [3.63, 3.8) is 0 Å². The van der Waals surface area contributed by atoms with Crippen molar-refractivity contribution >= 4 is 5.91 Å². The smallest absolute Gasteiger partial charge is 0.255 e. The van der Waals surface area contributed by atoms with E-state index in [2.05, 4.69) is 4.98 Å². The van der Waals surface area contributed by atoms with Crippen LogP contribution in [0.3, 0.4) is 0 Å². The molecule has 1 aromatic rings. The van der Waals surface area contributed by atoms with Gasteiger partial charge in [0, 0.05) is 19.3 Å². The first kappa shape index (κ1) is 10.1. The fraction of sp³-hybridized carbons (Fsp3) is 0.455. The van der Waals surface area contributed by atoms with Crippen LogP contribution >= 0.6 is 0 Å². The normalized spacial score (nSPS) is 15.9. The largest absolute Gasteiger partial charge is 0.339 e. The molecule has 0 radical (unpaired) electrons. The molecule has 1 aromatic heterocycles. The Balaban J connectivity index is 2.09. The summed E-state index contributed by atoms with van der Waals surface area (Å²) in [6, 6.07) is 3.03. The summed E-state index contributed by atoms with van der Waals surface area (Å²) in [7, 11) is 1.79. The Morgan fingerprint density at radius 3 is 2.73 bits per heavy atom. The summed E-state index contributed by atoms with van der Waals surface area (Å²) in [4.78, 5) is 17.0. The molecule has 2 rings (SSSR count). The molecule has 1 aliphatic carbocycles. The number of halogens is 1. The molecule has 1 saturated carbocycles. The Morgan fingerprint density at radius 2 is 2.27 bits per heavy atom. The average molecular weight is 208 g/mol. The minimum atomic E-state index is -0.558. The number of carbonyl (C=O) groups is 1. The van der Waals surface area contributed by atoms with Gasteiger partial charge in [-0.15, -0.1) is 0 Å². The van der Waals surface area contributed by atoms with Gasteiger partial charge in [-0.3, -0.25) is 4.79 Å². The number of carbonyl (C=O) groups excluding carboxylic acids is 1. The Kier molecular flexibility index (Phi) is 2.66. The van der Waals surface area contributed by atoms with Crippen LogP contribution < -0.4 is 0 Å². The molecule has 0 N–H and O–H groups in total. The Hall–Kier alpha value is -1.45. The summed E-state index contributed by atoms with van der Waals surface area (Å²) in [5, 5.41) is 0. The molecule has 0 spiro atoms. The molecule has 1 heterocycles. The zero-order valence-electron chi connectivity index (χ0n) is 8.61. The molecule has 0 aromatic carbocycles. The van der Waals surface area contributed by atoms with Crippen LogP contribution in [0, 0.1) is 5.95 Å². The van der Waals surface area contributed by atoms with Gasteiger partial charge in [-0.1, -0.05) is 0 Å². The van der Waals surface area contributed by atoms with Gasteiger partial charge in [-0.2, -0.15) is 4.39 Å². The highest BCUT2D eigenvalue weighted by molar-refractivity contribution is 5.93. The summed E-state index contributed by atoms with van der Waals surface area (Å²) in [6.45, 7) is 0. The lowest BCUT2D eigenvalue weighted by Gasteiger charge is -2.34. The second-order valence-electron chi connectivity index (χ2n) is 3.87. The number of pyridine rings is 1. The van der Waals surface area contributed by atoms with Crippen molar-refractivity contribution < 1.29 is 9.18 Å². The van der Waals surface area contributed by atoms with Crippen molar-refractivity contribution in [1.82, 2.24) is 9.88 Å². The SMILES string of the molecule is CN(C(=O)c1ccc(F)nc1)C1CCC1. The second kappa shape index (κ2) is 3.96. The molecule has 0 atom stereocenters. The van der Waals surface area contributed by atoms with E-state index in [0.29, 0.717) is 11.6 Å². The third-order valence-corrected chi connectivity index (χ3v) is 2.92. The lowest BCUT2D eigenvalue weighted by atomic mass is 9.91. The van der Waals surface area contributed by atoms with E-state index in [1.807, 2.05) is 0 Å². The molecule has 1 amide bonds. The van der Waals surface area contributed by atoms with E-state index in [-0.39, 0.29) is 5.91 Å². The van der Waals surface area contributed by atoms with E-state index in [0.717, 1.165) is 12.8 Å². The molecule has 15 heavy (non-hydrogen) atoms. The van der Waals surface area contributed by atoms with Crippen molar-refractivity contribution in [3.05, 3.63) is 29.8 Å². The van der Waals surface area contributed by atoms with Crippen molar-refractivity contribution in [2.45, 2.75) is 25.3 Å². The van der Waals surface area contributed by atoms with E-state index in [1.54, 1.807) is 11.9 Å². The van der Waals surface area contributed by atoms with E-state index in [9.17, 15) is 9.18 Å². The molecule has 4 heteroatoms. The van der Waals surface area contributed by atoms with Gasteiger partial charge in [0.2, 0.25) is 5.95 Å². The first-order valence-electron chi connectivity index (χ1n) is 5.07. The fourth-order valence-electron chi connectivity index (χ4n) is 1.65. The summed E-state index contributed by atoms with van der Waals surface area (Å²) in [6.07, 6.45) is 4.60. The zero-order valence-corrected chi connectivity index (χ0v) is 8.61. The standard InChI is InChI=1S/C11H13FN2O/c1-14(9-3-2-4-9)11(15)8-5-6-10(12)13-7-8/h5-7,9H,2-4H2,1H3. The minimum absolute atomic E-state index is 0.0767.